The summed E-state index contributed by atoms with van der Waals surface area (Å²) in [6, 6.07) is 0.610. The minimum Gasteiger partial charge on any atom is -0.317 e. The van der Waals surface area contributed by atoms with Crippen LogP contribution in [0.1, 0.15) is 48.7 Å². The molecule has 112 valence electrons. The SMILES string of the molecule is Cc1nn(C)c(C)c1C1CCCN1CC1CCNCC1. The van der Waals surface area contributed by atoms with E-state index in [1.165, 1.54) is 68.8 Å². The number of aromatic nitrogens is 2. The van der Waals surface area contributed by atoms with E-state index in [1.54, 1.807) is 0 Å². The highest BCUT2D eigenvalue weighted by atomic mass is 15.3. The van der Waals surface area contributed by atoms with Gasteiger partial charge in [0.1, 0.15) is 0 Å². The average molecular weight is 276 g/mol. The van der Waals surface area contributed by atoms with Crippen molar-refractivity contribution in [3.8, 4) is 0 Å². The van der Waals surface area contributed by atoms with Gasteiger partial charge in [-0.3, -0.25) is 9.58 Å². The maximum atomic E-state index is 4.62. The van der Waals surface area contributed by atoms with Crippen LogP contribution in [0.3, 0.4) is 0 Å². The normalized spacial score (nSPS) is 25.4. The first kappa shape index (κ1) is 14.1. The summed E-state index contributed by atoms with van der Waals surface area (Å²) in [5, 5.41) is 8.09. The van der Waals surface area contributed by atoms with Crippen molar-refractivity contribution in [2.45, 2.75) is 45.6 Å². The third-order valence-electron chi connectivity index (χ3n) is 5.21. The molecule has 2 saturated heterocycles. The lowest BCUT2D eigenvalue weighted by Crippen LogP contribution is -2.36. The topological polar surface area (TPSA) is 33.1 Å². The minimum absolute atomic E-state index is 0.610. The van der Waals surface area contributed by atoms with Crippen LogP contribution in [0.5, 0.6) is 0 Å². The van der Waals surface area contributed by atoms with Crippen LogP contribution in [0.25, 0.3) is 0 Å². The number of rotatable bonds is 3. The highest BCUT2D eigenvalue weighted by molar-refractivity contribution is 5.29. The van der Waals surface area contributed by atoms with E-state index < -0.39 is 0 Å². The third-order valence-corrected chi connectivity index (χ3v) is 5.21. The maximum absolute atomic E-state index is 4.62. The largest absolute Gasteiger partial charge is 0.317 e. The Morgan fingerprint density at radius 2 is 1.95 bits per heavy atom. The first-order chi connectivity index (χ1) is 9.66. The lowest BCUT2D eigenvalue weighted by atomic mass is 9.96. The average Bonchev–Trinajstić information content (AvgIpc) is 2.97. The van der Waals surface area contributed by atoms with Crippen molar-refractivity contribution < 1.29 is 0 Å². The van der Waals surface area contributed by atoms with Crippen LogP contribution < -0.4 is 5.32 Å². The summed E-state index contributed by atoms with van der Waals surface area (Å²) in [5.41, 5.74) is 4.08. The van der Waals surface area contributed by atoms with Gasteiger partial charge < -0.3 is 5.32 Å². The van der Waals surface area contributed by atoms with Crippen molar-refractivity contribution in [2.75, 3.05) is 26.2 Å². The minimum atomic E-state index is 0.610. The first-order valence-electron chi connectivity index (χ1n) is 8.11. The molecule has 0 spiro atoms. The van der Waals surface area contributed by atoms with Crippen LogP contribution >= 0.6 is 0 Å². The van der Waals surface area contributed by atoms with Gasteiger partial charge in [-0.05, 0) is 65.1 Å². The molecule has 1 atom stereocenters. The number of likely N-dealkylation sites (tertiary alicyclic amines) is 1. The van der Waals surface area contributed by atoms with Crippen molar-refractivity contribution in [1.29, 1.82) is 0 Å². The zero-order chi connectivity index (χ0) is 14.1. The van der Waals surface area contributed by atoms with Crippen LogP contribution in [-0.4, -0.2) is 40.9 Å². The second-order valence-corrected chi connectivity index (χ2v) is 6.55. The molecule has 0 aliphatic carbocycles. The molecule has 2 aliphatic heterocycles. The molecule has 1 aromatic heterocycles. The molecule has 0 saturated carbocycles. The molecule has 1 aromatic rings. The van der Waals surface area contributed by atoms with Gasteiger partial charge in [-0.1, -0.05) is 0 Å². The summed E-state index contributed by atoms with van der Waals surface area (Å²) in [6.07, 6.45) is 5.32. The molecule has 0 aromatic carbocycles. The lowest BCUT2D eigenvalue weighted by molar-refractivity contribution is 0.192. The van der Waals surface area contributed by atoms with E-state index in [1.807, 2.05) is 4.68 Å². The van der Waals surface area contributed by atoms with Gasteiger partial charge in [-0.25, -0.2) is 0 Å². The quantitative estimate of drug-likeness (QED) is 0.918. The van der Waals surface area contributed by atoms with Crippen LogP contribution in [-0.2, 0) is 7.05 Å². The number of aryl methyl sites for hydroxylation is 2. The fourth-order valence-corrected chi connectivity index (χ4v) is 4.04. The highest BCUT2D eigenvalue weighted by Crippen LogP contribution is 2.36. The lowest BCUT2D eigenvalue weighted by Gasteiger charge is -2.31. The fraction of sp³-hybridized carbons (Fsp3) is 0.812. The zero-order valence-corrected chi connectivity index (χ0v) is 13.2. The molecule has 2 aliphatic rings. The molecule has 1 unspecified atom stereocenters. The standard InChI is InChI=1S/C16H28N4/c1-12-16(13(2)19(3)18-12)15-5-4-10-20(15)11-14-6-8-17-9-7-14/h14-15,17H,4-11H2,1-3H3. The maximum Gasteiger partial charge on any atom is 0.0644 e. The van der Waals surface area contributed by atoms with E-state index in [0.29, 0.717) is 6.04 Å². The van der Waals surface area contributed by atoms with E-state index in [4.69, 9.17) is 0 Å². The monoisotopic (exact) mass is 276 g/mol. The zero-order valence-electron chi connectivity index (χ0n) is 13.2. The second kappa shape index (κ2) is 5.86. The van der Waals surface area contributed by atoms with Gasteiger partial charge in [-0.2, -0.15) is 5.10 Å². The van der Waals surface area contributed by atoms with Gasteiger partial charge in [-0.15, -0.1) is 0 Å². The molecular formula is C16H28N4. The molecule has 0 amide bonds. The molecule has 4 heteroatoms. The molecule has 1 N–H and O–H groups in total. The van der Waals surface area contributed by atoms with Crippen molar-refractivity contribution in [2.24, 2.45) is 13.0 Å². The molecule has 0 bridgehead atoms. The molecule has 3 heterocycles. The molecule has 2 fully saturated rings. The number of nitrogens with one attached hydrogen (secondary N) is 1. The second-order valence-electron chi connectivity index (χ2n) is 6.55. The summed E-state index contributed by atoms with van der Waals surface area (Å²) in [6.45, 7) is 9.34. The van der Waals surface area contributed by atoms with E-state index in [2.05, 4.69) is 36.2 Å². The smallest absolute Gasteiger partial charge is 0.0644 e. The Morgan fingerprint density at radius 3 is 2.60 bits per heavy atom. The van der Waals surface area contributed by atoms with Crippen molar-refractivity contribution >= 4 is 0 Å². The van der Waals surface area contributed by atoms with Crippen LogP contribution in [0, 0.1) is 19.8 Å². The van der Waals surface area contributed by atoms with Gasteiger partial charge >= 0.3 is 0 Å². The van der Waals surface area contributed by atoms with Gasteiger partial charge in [0.25, 0.3) is 0 Å². The molecule has 0 radical (unpaired) electrons. The van der Waals surface area contributed by atoms with Crippen molar-refractivity contribution in [3.05, 3.63) is 17.0 Å². The summed E-state index contributed by atoms with van der Waals surface area (Å²) in [5.74, 6) is 0.883. The van der Waals surface area contributed by atoms with Crippen molar-refractivity contribution in [1.82, 2.24) is 20.0 Å². The van der Waals surface area contributed by atoms with Gasteiger partial charge in [0.05, 0.1) is 5.69 Å². The Balaban J connectivity index is 1.74. The first-order valence-corrected chi connectivity index (χ1v) is 8.11. The Labute approximate surface area is 122 Å². The number of hydrogen-bond donors (Lipinski definition) is 1. The Morgan fingerprint density at radius 1 is 1.20 bits per heavy atom. The van der Waals surface area contributed by atoms with Crippen molar-refractivity contribution in [3.63, 3.8) is 0 Å². The highest BCUT2D eigenvalue weighted by Gasteiger charge is 2.31. The summed E-state index contributed by atoms with van der Waals surface area (Å²) < 4.78 is 2.05. The van der Waals surface area contributed by atoms with E-state index >= 15 is 0 Å². The van der Waals surface area contributed by atoms with E-state index in [-0.39, 0.29) is 0 Å². The van der Waals surface area contributed by atoms with Gasteiger partial charge in [0.15, 0.2) is 0 Å². The predicted molar refractivity (Wildman–Crippen MR) is 81.8 cm³/mol. The predicted octanol–water partition coefficient (Wildman–Crippen LogP) is 2.17. The molecule has 20 heavy (non-hydrogen) atoms. The summed E-state index contributed by atoms with van der Waals surface area (Å²) in [4.78, 5) is 2.73. The number of piperidine rings is 1. The molecule has 4 nitrogen and oxygen atoms in total. The Bertz CT molecular complexity index is 459. The van der Waals surface area contributed by atoms with E-state index in [9.17, 15) is 0 Å². The third kappa shape index (κ3) is 2.63. The summed E-state index contributed by atoms with van der Waals surface area (Å²) in [7, 11) is 2.07. The van der Waals surface area contributed by atoms with Crippen LogP contribution in [0.15, 0.2) is 0 Å². The summed E-state index contributed by atoms with van der Waals surface area (Å²) >= 11 is 0. The fourth-order valence-electron chi connectivity index (χ4n) is 4.04. The molecular weight excluding hydrogens is 248 g/mol. The Kier molecular flexibility index (Phi) is 4.13. The number of hydrogen-bond acceptors (Lipinski definition) is 3. The van der Waals surface area contributed by atoms with E-state index in [0.717, 1.165) is 5.92 Å². The molecule has 3 rings (SSSR count). The van der Waals surface area contributed by atoms with Gasteiger partial charge in [0, 0.05) is 30.9 Å². The van der Waals surface area contributed by atoms with Crippen LogP contribution in [0.4, 0.5) is 0 Å². The number of nitrogens with zero attached hydrogens (tertiary/aromatic N) is 3. The van der Waals surface area contributed by atoms with Crippen LogP contribution in [0.2, 0.25) is 0 Å². The Hall–Kier alpha value is -0.870. The van der Waals surface area contributed by atoms with Gasteiger partial charge in [0.2, 0.25) is 0 Å².